The van der Waals surface area contributed by atoms with Crippen LogP contribution in [-0.2, 0) is 0 Å². The zero-order chi connectivity index (χ0) is 12.7. The maximum atomic E-state index is 5.99. The van der Waals surface area contributed by atoms with Crippen molar-refractivity contribution in [1.29, 1.82) is 0 Å². The minimum absolute atomic E-state index is 0.504. The van der Waals surface area contributed by atoms with Gasteiger partial charge in [0.25, 0.3) is 0 Å². The zero-order valence-electron chi connectivity index (χ0n) is 9.56. The van der Waals surface area contributed by atoms with Crippen LogP contribution < -0.4 is 0 Å². The lowest BCUT2D eigenvalue weighted by atomic mass is 10.2. The Morgan fingerprint density at radius 2 is 1.89 bits per heavy atom. The molecule has 2 aromatic heterocycles. The van der Waals surface area contributed by atoms with E-state index < -0.39 is 0 Å². The Bertz CT molecular complexity index is 734. The number of nitrogens with zero attached hydrogens (tertiary/aromatic N) is 3. The van der Waals surface area contributed by atoms with Gasteiger partial charge in [0.2, 0.25) is 0 Å². The second kappa shape index (κ2) is 4.26. The lowest BCUT2D eigenvalue weighted by Crippen LogP contribution is -1.87. The van der Waals surface area contributed by atoms with E-state index in [1.165, 1.54) is 0 Å². The average molecular weight is 278 g/mol. The maximum absolute atomic E-state index is 5.99. The number of aromatic nitrogens is 3. The summed E-state index contributed by atoms with van der Waals surface area (Å²) in [4.78, 5) is 4.44. The monoisotopic (exact) mass is 277 g/mol. The van der Waals surface area contributed by atoms with Crippen LogP contribution in [-0.4, -0.2) is 14.6 Å². The first-order chi connectivity index (χ1) is 8.63. The predicted octanol–water partition coefficient (Wildman–Crippen LogP) is 4.01. The molecule has 0 aliphatic carbocycles. The van der Waals surface area contributed by atoms with E-state index in [1.54, 1.807) is 16.6 Å². The molecule has 0 aliphatic rings. The Labute approximate surface area is 114 Å². The van der Waals surface area contributed by atoms with E-state index >= 15 is 0 Å². The Balaban J connectivity index is 2.16. The fourth-order valence-corrected chi connectivity index (χ4v) is 2.04. The molecular weight excluding hydrogens is 269 g/mol. The number of hydrogen-bond donors (Lipinski definition) is 0. The molecule has 5 heteroatoms. The maximum Gasteiger partial charge on any atom is 0.182 e. The van der Waals surface area contributed by atoms with Gasteiger partial charge >= 0.3 is 0 Å². The quantitative estimate of drug-likeness (QED) is 0.673. The van der Waals surface area contributed by atoms with Gasteiger partial charge in [-0.2, -0.15) is 0 Å². The van der Waals surface area contributed by atoms with E-state index in [-0.39, 0.29) is 0 Å². The summed E-state index contributed by atoms with van der Waals surface area (Å²) in [5.74, 6) is 0.638. The lowest BCUT2D eigenvalue weighted by molar-refractivity contribution is 0.956. The van der Waals surface area contributed by atoms with E-state index in [0.717, 1.165) is 16.8 Å². The molecular formula is C13H9Cl2N3. The van der Waals surface area contributed by atoms with Crippen molar-refractivity contribution in [3.8, 4) is 11.4 Å². The number of hydrogen-bond acceptors (Lipinski definition) is 2. The van der Waals surface area contributed by atoms with Gasteiger partial charge in [0.15, 0.2) is 11.5 Å². The van der Waals surface area contributed by atoms with Crippen LogP contribution in [0.5, 0.6) is 0 Å². The molecule has 0 unspecified atom stereocenters. The van der Waals surface area contributed by atoms with E-state index in [9.17, 15) is 0 Å². The van der Waals surface area contributed by atoms with Gasteiger partial charge in [0.1, 0.15) is 0 Å². The Kier molecular flexibility index (Phi) is 2.73. The van der Waals surface area contributed by atoms with Gasteiger partial charge < -0.3 is 0 Å². The van der Waals surface area contributed by atoms with Crippen molar-refractivity contribution in [2.24, 2.45) is 0 Å². The molecule has 0 fully saturated rings. The SMILES string of the molecule is Cc1ccc2nc(-c3ccc(Cl)c(Cl)c3)nn2c1. The van der Waals surface area contributed by atoms with Gasteiger partial charge in [-0.3, -0.25) is 0 Å². The van der Waals surface area contributed by atoms with Crippen molar-refractivity contribution < 1.29 is 0 Å². The van der Waals surface area contributed by atoms with Crippen LogP contribution in [0.15, 0.2) is 36.5 Å². The van der Waals surface area contributed by atoms with Gasteiger partial charge in [0.05, 0.1) is 10.0 Å². The lowest BCUT2D eigenvalue weighted by Gasteiger charge is -1.97. The van der Waals surface area contributed by atoms with Crippen molar-refractivity contribution >= 4 is 28.8 Å². The van der Waals surface area contributed by atoms with Gasteiger partial charge in [-0.15, -0.1) is 5.10 Å². The highest BCUT2D eigenvalue weighted by atomic mass is 35.5. The summed E-state index contributed by atoms with van der Waals surface area (Å²) in [6.07, 6.45) is 1.93. The first-order valence-electron chi connectivity index (χ1n) is 5.42. The number of rotatable bonds is 1. The van der Waals surface area contributed by atoms with Crippen LogP contribution in [0.1, 0.15) is 5.56 Å². The topological polar surface area (TPSA) is 30.2 Å². The molecule has 3 rings (SSSR count). The zero-order valence-corrected chi connectivity index (χ0v) is 11.1. The molecule has 0 saturated heterocycles. The van der Waals surface area contributed by atoms with Crippen LogP contribution in [0.3, 0.4) is 0 Å². The minimum Gasteiger partial charge on any atom is -0.220 e. The second-order valence-corrected chi connectivity index (χ2v) is 4.89. The molecule has 90 valence electrons. The molecule has 0 amide bonds. The minimum atomic E-state index is 0.504. The first kappa shape index (κ1) is 11.5. The predicted molar refractivity (Wildman–Crippen MR) is 73.2 cm³/mol. The van der Waals surface area contributed by atoms with Crippen molar-refractivity contribution in [3.05, 3.63) is 52.1 Å². The molecule has 0 N–H and O–H groups in total. The largest absolute Gasteiger partial charge is 0.220 e. The Morgan fingerprint density at radius 1 is 1.06 bits per heavy atom. The molecule has 0 bridgehead atoms. The van der Waals surface area contributed by atoms with Gasteiger partial charge in [-0.05, 0) is 36.8 Å². The molecule has 3 aromatic rings. The summed E-state index contributed by atoms with van der Waals surface area (Å²) in [5, 5.41) is 5.45. The molecule has 0 radical (unpaired) electrons. The number of aryl methyl sites for hydroxylation is 1. The van der Waals surface area contributed by atoms with Crippen LogP contribution in [0, 0.1) is 6.92 Å². The summed E-state index contributed by atoms with van der Waals surface area (Å²) in [5.41, 5.74) is 2.79. The third-order valence-electron chi connectivity index (χ3n) is 2.66. The first-order valence-corrected chi connectivity index (χ1v) is 6.17. The van der Waals surface area contributed by atoms with Crippen LogP contribution in [0.2, 0.25) is 10.0 Å². The van der Waals surface area contributed by atoms with Crippen LogP contribution >= 0.6 is 23.2 Å². The number of halogens is 2. The third-order valence-corrected chi connectivity index (χ3v) is 3.40. The summed E-state index contributed by atoms with van der Waals surface area (Å²) in [7, 11) is 0. The van der Waals surface area contributed by atoms with Crippen molar-refractivity contribution in [2.45, 2.75) is 6.92 Å². The average Bonchev–Trinajstić information content (AvgIpc) is 2.75. The second-order valence-electron chi connectivity index (χ2n) is 4.07. The molecule has 18 heavy (non-hydrogen) atoms. The van der Waals surface area contributed by atoms with Gasteiger partial charge in [-0.25, -0.2) is 9.50 Å². The Morgan fingerprint density at radius 3 is 2.67 bits per heavy atom. The van der Waals surface area contributed by atoms with Crippen LogP contribution in [0.25, 0.3) is 17.0 Å². The smallest absolute Gasteiger partial charge is 0.182 e. The van der Waals surface area contributed by atoms with E-state index in [2.05, 4.69) is 10.1 Å². The van der Waals surface area contributed by atoms with Gasteiger partial charge in [-0.1, -0.05) is 29.3 Å². The van der Waals surface area contributed by atoms with E-state index in [1.807, 2.05) is 31.3 Å². The molecule has 0 atom stereocenters. The molecule has 0 saturated carbocycles. The number of fused-ring (bicyclic) bond motifs is 1. The molecule has 1 aromatic carbocycles. The normalized spacial score (nSPS) is 11.1. The van der Waals surface area contributed by atoms with Crippen LogP contribution in [0.4, 0.5) is 0 Å². The molecule has 0 aliphatic heterocycles. The van der Waals surface area contributed by atoms with E-state index in [4.69, 9.17) is 23.2 Å². The van der Waals surface area contributed by atoms with Crippen molar-refractivity contribution in [1.82, 2.24) is 14.6 Å². The summed E-state index contributed by atoms with van der Waals surface area (Å²) < 4.78 is 1.76. The summed E-state index contributed by atoms with van der Waals surface area (Å²) in [6, 6.07) is 9.31. The van der Waals surface area contributed by atoms with Gasteiger partial charge in [0, 0.05) is 11.8 Å². The standard InChI is InChI=1S/C13H9Cl2N3/c1-8-2-5-12-16-13(17-18(12)7-8)9-3-4-10(14)11(15)6-9/h2-7H,1H3. The Hall–Kier alpha value is -1.58. The van der Waals surface area contributed by atoms with Crippen molar-refractivity contribution in [2.75, 3.05) is 0 Å². The highest BCUT2D eigenvalue weighted by Crippen LogP contribution is 2.27. The highest BCUT2D eigenvalue weighted by Gasteiger charge is 2.08. The summed E-state index contributed by atoms with van der Waals surface area (Å²) >= 11 is 11.9. The fourth-order valence-electron chi connectivity index (χ4n) is 1.74. The molecule has 3 nitrogen and oxygen atoms in total. The number of pyridine rings is 1. The van der Waals surface area contributed by atoms with E-state index in [0.29, 0.717) is 15.9 Å². The summed E-state index contributed by atoms with van der Waals surface area (Å²) in [6.45, 7) is 2.01. The molecule has 0 spiro atoms. The fraction of sp³-hybridized carbons (Fsp3) is 0.0769. The third kappa shape index (κ3) is 1.96. The highest BCUT2D eigenvalue weighted by molar-refractivity contribution is 6.42. The molecule has 2 heterocycles. The van der Waals surface area contributed by atoms with Crippen molar-refractivity contribution in [3.63, 3.8) is 0 Å². The number of benzene rings is 1.